The molecular weight excluding hydrogens is 1040 g/mol. The number of rotatable bonds is 18. The maximum absolute atomic E-state index is 14.6. The molecule has 18 atom stereocenters. The van der Waals surface area contributed by atoms with Crippen LogP contribution < -0.4 is 10.2 Å². The Morgan fingerprint density at radius 1 is 0.885 bits per heavy atom. The topological polar surface area (TPSA) is 267 Å². The minimum atomic E-state index is -2.04. The van der Waals surface area contributed by atoms with Crippen LogP contribution in [0.4, 0.5) is 0 Å². The number of methoxy groups -OCH3 is 2. The summed E-state index contributed by atoms with van der Waals surface area (Å²) in [4.78, 5) is 69.1. The van der Waals surface area contributed by atoms with Crippen molar-refractivity contribution in [2.24, 2.45) is 23.7 Å². The Morgan fingerprint density at radius 3 is 2.14 bits per heavy atom. The quantitative estimate of drug-likeness (QED) is 0.106. The third-order valence-electron chi connectivity index (χ3n) is 16.7. The summed E-state index contributed by atoms with van der Waals surface area (Å²) < 4.78 is 64.4. The van der Waals surface area contributed by atoms with Crippen molar-refractivity contribution in [3.8, 4) is 5.75 Å². The van der Waals surface area contributed by atoms with E-state index in [0.29, 0.717) is 11.9 Å². The van der Waals surface area contributed by atoms with Crippen LogP contribution in [0, 0.1) is 23.7 Å². The number of aromatic nitrogens is 1. The fourth-order valence-corrected chi connectivity index (χ4v) is 11.9. The van der Waals surface area contributed by atoms with Gasteiger partial charge >= 0.3 is 17.9 Å². The van der Waals surface area contributed by atoms with Crippen LogP contribution in [0.5, 0.6) is 5.75 Å². The number of hydrogen-bond acceptors (Lipinski definition) is 19. The third kappa shape index (κ3) is 13.9. The lowest BCUT2D eigenvalue weighted by molar-refractivity contribution is -0.320. The zero-order valence-electron chi connectivity index (χ0n) is 47.7. The number of Topliss-reactive ketones (excluding diaryl/α,β-unsaturated/α-hetero) is 1. The summed E-state index contributed by atoms with van der Waals surface area (Å²) in [5.74, 6) is -6.70. The van der Waals surface area contributed by atoms with Gasteiger partial charge in [0.2, 0.25) is 5.43 Å². The van der Waals surface area contributed by atoms with E-state index in [1.807, 2.05) is 25.9 Å². The SMILES string of the molecule is CC[C@H]1OC(=O)[C@H](C)[C@@H](O[C@H]2C[C@@](C)(OC)[C@@H](OC(=O)CCOCCOc3cc4c(=O)c(C(=O)O)cn(C5CC5)c4cc3Cl)[C@H](C)O2)[C@H](C)[C@@H](O[C@H]2O[C@@H](C)C[C@@H](N(C)C)[C@@H]2O)[C@](C)(OC)C[C@@H](C)C(=O)[C@H](C)[C@@H](O)[C@]1(C)O. The van der Waals surface area contributed by atoms with E-state index in [0.717, 1.165) is 12.8 Å². The molecule has 0 radical (unpaired) electrons. The minimum absolute atomic E-state index is 0.00452. The first kappa shape index (κ1) is 63.3. The van der Waals surface area contributed by atoms with Crippen molar-refractivity contribution in [1.29, 1.82) is 0 Å². The van der Waals surface area contributed by atoms with Gasteiger partial charge in [-0.25, -0.2) is 4.79 Å². The number of cyclic esters (lactones) is 1. The molecule has 4 aliphatic rings. The molecule has 3 saturated heterocycles. The zero-order valence-corrected chi connectivity index (χ0v) is 48.5. The Bertz CT molecular complexity index is 2490. The Balaban J connectivity index is 1.19. The van der Waals surface area contributed by atoms with Gasteiger partial charge in [-0.2, -0.15) is 0 Å². The predicted octanol–water partition coefficient (Wildman–Crippen LogP) is 5.48. The highest BCUT2D eigenvalue weighted by atomic mass is 35.5. The number of halogens is 1. The number of nitrogens with zero attached hydrogens (tertiary/aromatic N) is 2. The number of fused-ring (bicyclic) bond motifs is 1. The highest BCUT2D eigenvalue weighted by molar-refractivity contribution is 6.32. The first-order chi connectivity index (χ1) is 36.5. The minimum Gasteiger partial charge on any atom is -0.490 e. The standard InChI is InChI=1S/C56H85ClN2O19/c1-15-41-56(10,68)48(64)30(4)44(61)28(2)25-54(8,69-13)49(78-53-46(63)39(58(11)12)22-29(3)73-53)31(5)47(32(6)52(67)75-41)77-43-26-55(9,70-14)50(33(7)74-43)76-42(60)18-19-71-20-21-72-40-23-35-38(24-37(40)57)59(34-16-17-34)27-36(45(35)62)51(65)66/h23-24,27-34,39,41,43,46-50,53,63-64,68H,15-22,25-26H2,1-14H3,(H,65,66)/t28-,29+,30+,31+,32-,33+,39-,41-,43+,46+,47+,48-,49-,50+,53-,54-,55-,56-/m1/s1. The molecule has 2 aromatic rings. The van der Waals surface area contributed by atoms with Crippen LogP contribution in [-0.4, -0.2) is 186 Å². The van der Waals surface area contributed by atoms with Gasteiger partial charge in [-0.1, -0.05) is 39.3 Å². The molecule has 22 heteroatoms. The lowest BCUT2D eigenvalue weighted by atomic mass is 9.74. The Morgan fingerprint density at radius 2 is 1.54 bits per heavy atom. The van der Waals surface area contributed by atoms with E-state index in [-0.39, 0.29) is 91.2 Å². The van der Waals surface area contributed by atoms with Gasteiger partial charge in [0.25, 0.3) is 0 Å². The molecule has 0 bridgehead atoms. The number of carbonyl (C=O) groups is 4. The molecule has 1 saturated carbocycles. The summed E-state index contributed by atoms with van der Waals surface area (Å²) >= 11 is 6.55. The van der Waals surface area contributed by atoms with E-state index >= 15 is 0 Å². The molecule has 0 amide bonds. The van der Waals surface area contributed by atoms with E-state index in [2.05, 4.69) is 0 Å². The van der Waals surface area contributed by atoms with Crippen LogP contribution in [0.25, 0.3) is 10.9 Å². The highest BCUT2D eigenvalue weighted by Crippen LogP contribution is 2.43. The van der Waals surface area contributed by atoms with Crippen LogP contribution in [0.1, 0.15) is 131 Å². The number of carbonyl (C=O) groups excluding carboxylic acids is 3. The Kier molecular flexibility index (Phi) is 21.1. The number of ether oxygens (including phenoxy) is 10. The lowest BCUT2D eigenvalue weighted by Gasteiger charge is -2.50. The number of hydrogen-bond donors (Lipinski definition) is 4. The number of aliphatic hydroxyl groups is 3. The number of carboxylic acids is 1. The van der Waals surface area contributed by atoms with E-state index in [1.165, 1.54) is 40.3 Å². The fourth-order valence-electron chi connectivity index (χ4n) is 11.7. The molecule has 78 heavy (non-hydrogen) atoms. The Labute approximate surface area is 462 Å². The summed E-state index contributed by atoms with van der Waals surface area (Å²) in [5, 5.41) is 45.3. The predicted molar refractivity (Wildman–Crippen MR) is 284 cm³/mol. The second-order valence-electron chi connectivity index (χ2n) is 22.9. The Hall–Kier alpha value is -3.84. The van der Waals surface area contributed by atoms with Gasteiger partial charge in [0, 0.05) is 56.7 Å². The molecule has 0 spiro atoms. The molecule has 440 valence electrons. The van der Waals surface area contributed by atoms with Gasteiger partial charge in [-0.05, 0) is 99.9 Å². The van der Waals surface area contributed by atoms with Crippen LogP contribution in [0.15, 0.2) is 23.1 Å². The number of carboxylic acid groups (broad SMARTS) is 1. The monoisotopic (exact) mass is 1120 g/mol. The number of likely N-dealkylation sites (N-methyl/N-ethyl adjacent to an activating group) is 1. The second kappa shape index (κ2) is 26.0. The van der Waals surface area contributed by atoms with Crippen LogP contribution in [-0.2, 0) is 57.0 Å². The molecule has 0 unspecified atom stereocenters. The van der Waals surface area contributed by atoms with Gasteiger partial charge in [0.15, 0.2) is 18.7 Å². The maximum atomic E-state index is 14.6. The van der Waals surface area contributed by atoms with E-state index in [1.54, 1.807) is 59.1 Å². The van der Waals surface area contributed by atoms with E-state index < -0.39 is 119 Å². The average Bonchev–Trinajstić information content (AvgIpc) is 4.29. The number of aliphatic hydroxyl groups excluding tert-OH is 2. The second-order valence-corrected chi connectivity index (χ2v) is 23.3. The molecule has 1 aromatic heterocycles. The zero-order chi connectivity index (χ0) is 57.9. The highest BCUT2D eigenvalue weighted by Gasteiger charge is 2.55. The van der Waals surface area contributed by atoms with Crippen LogP contribution in [0.3, 0.4) is 0 Å². The summed E-state index contributed by atoms with van der Waals surface area (Å²) in [6, 6.07) is 2.76. The molecule has 1 aliphatic carbocycles. The number of esters is 2. The van der Waals surface area contributed by atoms with Crippen molar-refractivity contribution in [3.63, 3.8) is 0 Å². The average molecular weight is 1130 g/mol. The summed E-state index contributed by atoms with van der Waals surface area (Å²) in [7, 11) is 6.66. The third-order valence-corrected chi connectivity index (χ3v) is 17.0. The van der Waals surface area contributed by atoms with Crippen LogP contribution >= 0.6 is 11.6 Å². The number of benzene rings is 1. The van der Waals surface area contributed by atoms with Crippen molar-refractivity contribution >= 4 is 46.2 Å². The molecule has 21 nitrogen and oxygen atoms in total. The van der Waals surface area contributed by atoms with Crippen molar-refractivity contribution in [2.45, 2.75) is 204 Å². The van der Waals surface area contributed by atoms with Crippen molar-refractivity contribution < 1.29 is 87.0 Å². The smallest absolute Gasteiger partial charge is 0.341 e. The molecule has 1 aromatic carbocycles. The summed E-state index contributed by atoms with van der Waals surface area (Å²) in [6.07, 6.45) is -7.02. The van der Waals surface area contributed by atoms with Crippen molar-refractivity contribution in [1.82, 2.24) is 9.47 Å². The number of pyridine rings is 1. The largest absolute Gasteiger partial charge is 0.490 e. The summed E-state index contributed by atoms with van der Waals surface area (Å²) in [6.45, 7) is 16.8. The fraction of sp³-hybridized carbons (Fsp3) is 0.768. The number of aromatic carboxylic acids is 1. The number of ketones is 1. The molecule has 4 N–H and O–H groups in total. The van der Waals surface area contributed by atoms with Gasteiger partial charge < -0.3 is 77.3 Å². The first-order valence-electron chi connectivity index (χ1n) is 27.3. The van der Waals surface area contributed by atoms with Crippen molar-refractivity contribution in [2.75, 3.05) is 48.1 Å². The molecule has 6 rings (SSSR count). The normalized spacial score (nSPS) is 37.4. The lowest BCUT2D eigenvalue weighted by Crippen LogP contribution is -2.61. The van der Waals surface area contributed by atoms with Gasteiger partial charge in [0.05, 0.1) is 77.6 Å². The van der Waals surface area contributed by atoms with Gasteiger partial charge in [-0.15, -0.1) is 0 Å². The molecular formula is C56H85ClN2O19. The van der Waals surface area contributed by atoms with Gasteiger partial charge in [0.1, 0.15) is 47.1 Å². The van der Waals surface area contributed by atoms with Crippen molar-refractivity contribution in [3.05, 3.63) is 39.1 Å². The first-order valence-corrected chi connectivity index (χ1v) is 27.6. The maximum Gasteiger partial charge on any atom is 0.341 e. The molecule has 4 heterocycles. The van der Waals surface area contributed by atoms with E-state index in [9.17, 15) is 44.4 Å². The molecule has 4 fully saturated rings. The summed E-state index contributed by atoms with van der Waals surface area (Å²) in [5.41, 5.74) is -5.07. The van der Waals surface area contributed by atoms with E-state index in [4.69, 9.17) is 59.0 Å². The molecule has 3 aliphatic heterocycles. The van der Waals surface area contributed by atoms with Crippen LogP contribution in [0.2, 0.25) is 5.02 Å². The van der Waals surface area contributed by atoms with Gasteiger partial charge in [-0.3, -0.25) is 19.2 Å².